The molecule has 110 valence electrons. The lowest BCUT2D eigenvalue weighted by molar-refractivity contribution is -0.224. The third-order valence-electron chi connectivity index (χ3n) is 2.56. The molecule has 0 atom stereocenters. The number of nitrogen functional groups attached to an aromatic ring is 1. The molecular weight excluding hydrogens is 275 g/mol. The van der Waals surface area contributed by atoms with Crippen LogP contribution in [0.25, 0.3) is 0 Å². The van der Waals surface area contributed by atoms with Gasteiger partial charge in [-0.25, -0.2) is 4.90 Å². The van der Waals surface area contributed by atoms with Crippen molar-refractivity contribution in [3.05, 3.63) is 29.3 Å². The van der Waals surface area contributed by atoms with Gasteiger partial charge in [0.25, 0.3) is 5.91 Å². The lowest BCUT2D eigenvalue weighted by atomic mass is 10.1. The van der Waals surface area contributed by atoms with Crippen molar-refractivity contribution in [2.45, 2.75) is 19.6 Å². The summed E-state index contributed by atoms with van der Waals surface area (Å²) in [5.74, 6) is -2.04. The third-order valence-corrected chi connectivity index (χ3v) is 2.56. The molecule has 0 aliphatic heterocycles. The summed E-state index contributed by atoms with van der Waals surface area (Å²) in [6.45, 7) is 1.05. The number of nitrogens with zero attached hydrogens (tertiary/aromatic N) is 1. The van der Waals surface area contributed by atoms with Crippen LogP contribution in [0, 0.1) is 0 Å². The van der Waals surface area contributed by atoms with Crippen LogP contribution in [-0.4, -0.2) is 29.6 Å². The SMILES string of the molecule is CCCN(C(=O)c1ccc(C(N)=O)cc1N)C(F)(F)F. The summed E-state index contributed by atoms with van der Waals surface area (Å²) in [5, 5.41) is 0. The minimum absolute atomic E-state index is 0.0214. The molecule has 4 N–H and O–H groups in total. The molecular formula is C12H14F3N3O2. The number of hydrogen-bond donors (Lipinski definition) is 2. The van der Waals surface area contributed by atoms with Gasteiger partial charge in [-0.1, -0.05) is 6.92 Å². The Morgan fingerprint density at radius 3 is 2.30 bits per heavy atom. The zero-order valence-electron chi connectivity index (χ0n) is 10.7. The van der Waals surface area contributed by atoms with Gasteiger partial charge in [0.2, 0.25) is 5.91 Å². The maximum absolute atomic E-state index is 12.8. The Kier molecular flexibility index (Phi) is 4.59. The molecule has 20 heavy (non-hydrogen) atoms. The number of benzene rings is 1. The molecule has 1 aromatic carbocycles. The molecule has 0 radical (unpaired) electrons. The highest BCUT2D eigenvalue weighted by Gasteiger charge is 2.41. The second-order valence-corrected chi connectivity index (χ2v) is 4.09. The zero-order valence-corrected chi connectivity index (χ0v) is 10.7. The number of halogens is 3. The third kappa shape index (κ3) is 3.40. The van der Waals surface area contributed by atoms with Crippen LogP contribution < -0.4 is 11.5 Å². The highest BCUT2D eigenvalue weighted by Crippen LogP contribution is 2.26. The fourth-order valence-corrected chi connectivity index (χ4v) is 1.62. The Balaban J connectivity index is 3.16. The average molecular weight is 289 g/mol. The molecule has 1 aromatic rings. The summed E-state index contributed by atoms with van der Waals surface area (Å²) in [7, 11) is 0. The van der Waals surface area contributed by atoms with Gasteiger partial charge >= 0.3 is 6.30 Å². The molecule has 1 rings (SSSR count). The molecule has 0 heterocycles. The highest BCUT2D eigenvalue weighted by molar-refractivity contribution is 6.02. The van der Waals surface area contributed by atoms with E-state index in [1.165, 1.54) is 6.92 Å². The van der Waals surface area contributed by atoms with E-state index < -0.39 is 24.7 Å². The van der Waals surface area contributed by atoms with Gasteiger partial charge in [0.1, 0.15) is 0 Å². The van der Waals surface area contributed by atoms with E-state index in [-0.39, 0.29) is 28.1 Å². The molecule has 0 saturated carbocycles. The fourth-order valence-electron chi connectivity index (χ4n) is 1.62. The standard InChI is InChI=1S/C12H14F3N3O2/c1-2-5-18(12(13,14)15)11(20)8-4-3-7(10(17)19)6-9(8)16/h3-4,6H,2,5,16H2,1H3,(H2,17,19). The normalized spacial score (nSPS) is 11.2. The van der Waals surface area contributed by atoms with Gasteiger partial charge in [-0.15, -0.1) is 13.2 Å². The van der Waals surface area contributed by atoms with Crippen LogP contribution in [0.3, 0.4) is 0 Å². The van der Waals surface area contributed by atoms with E-state index in [1.54, 1.807) is 0 Å². The number of anilines is 1. The van der Waals surface area contributed by atoms with E-state index in [2.05, 4.69) is 0 Å². The molecule has 5 nitrogen and oxygen atoms in total. The molecule has 0 aromatic heterocycles. The van der Waals surface area contributed by atoms with Crippen LogP contribution in [-0.2, 0) is 0 Å². The molecule has 0 saturated heterocycles. The van der Waals surface area contributed by atoms with Crippen LogP contribution in [0.15, 0.2) is 18.2 Å². The van der Waals surface area contributed by atoms with Crippen molar-refractivity contribution in [1.82, 2.24) is 4.90 Å². The van der Waals surface area contributed by atoms with E-state index >= 15 is 0 Å². The fraction of sp³-hybridized carbons (Fsp3) is 0.333. The Hall–Kier alpha value is -2.25. The first-order valence-electron chi connectivity index (χ1n) is 5.76. The van der Waals surface area contributed by atoms with Crippen LogP contribution in [0.5, 0.6) is 0 Å². The van der Waals surface area contributed by atoms with Crippen molar-refractivity contribution in [3.8, 4) is 0 Å². The van der Waals surface area contributed by atoms with Gasteiger partial charge in [-0.2, -0.15) is 0 Å². The highest BCUT2D eigenvalue weighted by atomic mass is 19.4. The molecule has 0 fully saturated rings. The quantitative estimate of drug-likeness (QED) is 0.653. The predicted octanol–water partition coefficient (Wildman–Crippen LogP) is 1.74. The number of primary amides is 1. The molecule has 0 bridgehead atoms. The second-order valence-electron chi connectivity index (χ2n) is 4.09. The minimum atomic E-state index is -4.79. The molecule has 0 spiro atoms. The summed E-state index contributed by atoms with van der Waals surface area (Å²) < 4.78 is 38.3. The maximum Gasteiger partial charge on any atom is 0.487 e. The largest absolute Gasteiger partial charge is 0.487 e. The number of amides is 2. The first kappa shape index (κ1) is 15.8. The van der Waals surface area contributed by atoms with Crippen molar-refractivity contribution in [1.29, 1.82) is 0 Å². The maximum atomic E-state index is 12.8. The topological polar surface area (TPSA) is 89.4 Å². The summed E-state index contributed by atoms with van der Waals surface area (Å²) >= 11 is 0. The van der Waals surface area contributed by atoms with Gasteiger partial charge in [-0.05, 0) is 24.6 Å². The van der Waals surface area contributed by atoms with Crippen LogP contribution >= 0.6 is 0 Å². The van der Waals surface area contributed by atoms with Gasteiger partial charge < -0.3 is 11.5 Å². The summed E-state index contributed by atoms with van der Waals surface area (Å²) in [4.78, 5) is 22.6. The smallest absolute Gasteiger partial charge is 0.398 e. The van der Waals surface area contributed by atoms with E-state index in [0.717, 1.165) is 18.2 Å². The second kappa shape index (κ2) is 5.81. The van der Waals surface area contributed by atoms with E-state index in [4.69, 9.17) is 11.5 Å². The average Bonchev–Trinajstić information content (AvgIpc) is 2.33. The van der Waals surface area contributed by atoms with Crippen molar-refractivity contribution in [3.63, 3.8) is 0 Å². The Morgan fingerprint density at radius 2 is 1.90 bits per heavy atom. The van der Waals surface area contributed by atoms with Crippen LogP contribution in [0.4, 0.5) is 18.9 Å². The number of carbonyl (C=O) groups is 2. The van der Waals surface area contributed by atoms with Gasteiger partial charge in [-0.3, -0.25) is 9.59 Å². The Labute approximate surface area is 113 Å². The van der Waals surface area contributed by atoms with Gasteiger partial charge in [0.15, 0.2) is 0 Å². The van der Waals surface area contributed by atoms with Crippen molar-refractivity contribution in [2.75, 3.05) is 12.3 Å². The van der Waals surface area contributed by atoms with Crippen LogP contribution in [0.2, 0.25) is 0 Å². The lowest BCUT2D eigenvalue weighted by Crippen LogP contribution is -2.43. The lowest BCUT2D eigenvalue weighted by Gasteiger charge is -2.25. The molecule has 0 aliphatic carbocycles. The molecule has 0 aliphatic rings. The summed E-state index contributed by atoms with van der Waals surface area (Å²) in [5.41, 5.74) is 10.0. The molecule has 2 amide bonds. The monoisotopic (exact) mass is 289 g/mol. The first-order chi connectivity index (χ1) is 9.18. The zero-order chi connectivity index (χ0) is 15.5. The first-order valence-corrected chi connectivity index (χ1v) is 5.76. The number of alkyl halides is 3. The number of hydrogen-bond acceptors (Lipinski definition) is 3. The van der Waals surface area contributed by atoms with Gasteiger partial charge in [0.05, 0.1) is 5.56 Å². The number of carbonyl (C=O) groups excluding carboxylic acids is 2. The number of rotatable bonds is 4. The van der Waals surface area contributed by atoms with Gasteiger partial charge in [0, 0.05) is 17.8 Å². The summed E-state index contributed by atoms with van der Waals surface area (Å²) in [6, 6.07) is 3.30. The van der Waals surface area contributed by atoms with E-state index in [9.17, 15) is 22.8 Å². The van der Waals surface area contributed by atoms with Crippen molar-refractivity contribution in [2.24, 2.45) is 5.73 Å². The molecule has 0 unspecified atom stereocenters. The Bertz CT molecular complexity index is 529. The minimum Gasteiger partial charge on any atom is -0.398 e. The predicted molar refractivity (Wildman–Crippen MR) is 66.8 cm³/mol. The Morgan fingerprint density at radius 1 is 1.30 bits per heavy atom. The molecule has 8 heteroatoms. The van der Waals surface area contributed by atoms with Crippen LogP contribution in [0.1, 0.15) is 34.1 Å². The van der Waals surface area contributed by atoms with Crippen molar-refractivity contribution >= 4 is 17.5 Å². The summed E-state index contributed by atoms with van der Waals surface area (Å²) in [6.07, 6.45) is -4.65. The number of nitrogens with two attached hydrogens (primary N) is 2. The van der Waals surface area contributed by atoms with E-state index in [1.807, 2.05) is 0 Å². The van der Waals surface area contributed by atoms with E-state index in [0.29, 0.717) is 0 Å². The van der Waals surface area contributed by atoms with Crippen molar-refractivity contribution < 1.29 is 22.8 Å².